The molecule has 6 nitrogen and oxygen atoms in total. The van der Waals surface area contributed by atoms with Crippen LogP contribution in [0, 0.1) is 29.6 Å². The van der Waals surface area contributed by atoms with Crippen molar-refractivity contribution < 1.29 is 23.5 Å². The first-order valence-corrected chi connectivity index (χ1v) is 7.23. The molecule has 0 N–H and O–H groups in total. The number of hydrogen-bond acceptors (Lipinski definition) is 4. The van der Waals surface area contributed by atoms with Crippen molar-refractivity contribution in [1.82, 2.24) is 9.80 Å². The van der Waals surface area contributed by atoms with E-state index in [2.05, 4.69) is 5.92 Å². The fraction of sp³-hybridized carbons (Fsp3) is 0.562. The maximum Gasteiger partial charge on any atom is 0.330 e. The molecule has 2 aliphatic rings. The number of urea groups is 1. The van der Waals surface area contributed by atoms with Gasteiger partial charge in [-0.25, -0.2) is 14.1 Å². The number of nitrogens with zero attached hydrogens (tertiary/aromatic N) is 2. The third kappa shape index (κ3) is 3.21. The Morgan fingerprint density at radius 3 is 2.74 bits per heavy atom. The van der Waals surface area contributed by atoms with E-state index in [0.29, 0.717) is 0 Å². The molecule has 3 amide bonds. The van der Waals surface area contributed by atoms with E-state index in [-0.39, 0.29) is 24.8 Å². The van der Waals surface area contributed by atoms with Crippen molar-refractivity contribution in [2.75, 3.05) is 19.8 Å². The topological polar surface area (TPSA) is 66.9 Å². The zero-order valence-electron chi connectivity index (χ0n) is 13.3. The molecule has 23 heavy (non-hydrogen) atoms. The number of rotatable bonds is 5. The van der Waals surface area contributed by atoms with E-state index >= 15 is 0 Å². The molecule has 0 aromatic heterocycles. The quantitative estimate of drug-likeness (QED) is 0.437. The minimum absolute atomic E-state index is 0.0212. The molecule has 124 valence electrons. The number of esters is 1. The normalized spacial score (nSPS) is 26.3. The van der Waals surface area contributed by atoms with E-state index in [0.717, 1.165) is 4.90 Å². The van der Waals surface area contributed by atoms with Gasteiger partial charge in [0.1, 0.15) is 6.54 Å². The molecule has 1 saturated carbocycles. The summed E-state index contributed by atoms with van der Waals surface area (Å²) in [5, 5.41) is 0. The summed E-state index contributed by atoms with van der Waals surface area (Å²) >= 11 is 0. The molecular formula is C16H19FN2O4. The minimum Gasteiger partial charge on any atom is -0.443 e. The van der Waals surface area contributed by atoms with Gasteiger partial charge in [0.2, 0.25) is 0 Å². The van der Waals surface area contributed by atoms with Crippen LogP contribution in [0.25, 0.3) is 0 Å². The van der Waals surface area contributed by atoms with Crippen LogP contribution in [0.4, 0.5) is 9.18 Å². The van der Waals surface area contributed by atoms with E-state index in [4.69, 9.17) is 11.2 Å². The Kier molecular flexibility index (Phi) is 4.46. The Morgan fingerprint density at radius 2 is 2.17 bits per heavy atom. The molecule has 1 aliphatic heterocycles. The number of allylic oxidation sites excluding steroid dienone is 2. The molecule has 0 unspecified atom stereocenters. The van der Waals surface area contributed by atoms with Gasteiger partial charge >= 0.3 is 12.0 Å². The van der Waals surface area contributed by atoms with E-state index in [1.54, 1.807) is 0 Å². The van der Waals surface area contributed by atoms with Crippen LogP contribution >= 0.6 is 0 Å². The first-order chi connectivity index (χ1) is 10.7. The summed E-state index contributed by atoms with van der Waals surface area (Å²) < 4.78 is 18.1. The highest BCUT2D eigenvalue weighted by Gasteiger charge is 2.61. The van der Waals surface area contributed by atoms with Crippen LogP contribution in [-0.4, -0.2) is 47.5 Å². The van der Waals surface area contributed by atoms with Gasteiger partial charge in [-0.3, -0.25) is 9.59 Å². The van der Waals surface area contributed by atoms with Crippen molar-refractivity contribution in [3.8, 4) is 12.3 Å². The van der Waals surface area contributed by atoms with Crippen molar-refractivity contribution >= 4 is 17.9 Å². The van der Waals surface area contributed by atoms with E-state index in [1.807, 2.05) is 13.8 Å². The second-order valence-corrected chi connectivity index (χ2v) is 6.34. The van der Waals surface area contributed by atoms with Gasteiger partial charge in [0.05, 0.1) is 18.3 Å². The third-order valence-electron chi connectivity index (χ3n) is 4.32. The van der Waals surface area contributed by atoms with Gasteiger partial charge in [-0.1, -0.05) is 19.8 Å². The standard InChI is InChI=1S/C16H19FN2O4/c1-5-6-18-8-12(20)19(15(18)22)9-23-14(21)13-11(7-10(2)17)16(13,3)4/h1,7,11,13H,6,8-9H2,2-4H3/b10-7-/t11-,13+/m1/s1. The second kappa shape index (κ2) is 6.03. The number of halogens is 1. The van der Waals surface area contributed by atoms with Gasteiger partial charge < -0.3 is 9.64 Å². The van der Waals surface area contributed by atoms with Crippen LogP contribution in [0.2, 0.25) is 0 Å². The predicted molar refractivity (Wildman–Crippen MR) is 79.2 cm³/mol. The Balaban J connectivity index is 1.93. The summed E-state index contributed by atoms with van der Waals surface area (Å²) in [5.41, 5.74) is -0.404. The van der Waals surface area contributed by atoms with Crippen molar-refractivity contribution in [1.29, 1.82) is 0 Å². The highest BCUT2D eigenvalue weighted by atomic mass is 19.1. The third-order valence-corrected chi connectivity index (χ3v) is 4.32. The fourth-order valence-corrected chi connectivity index (χ4v) is 2.86. The molecule has 0 bridgehead atoms. The van der Waals surface area contributed by atoms with Crippen molar-refractivity contribution in [3.63, 3.8) is 0 Å². The molecule has 0 spiro atoms. The van der Waals surface area contributed by atoms with Gasteiger partial charge in [0.15, 0.2) is 6.73 Å². The molecule has 1 heterocycles. The summed E-state index contributed by atoms with van der Waals surface area (Å²) in [7, 11) is 0. The number of hydrogen-bond donors (Lipinski definition) is 0. The summed E-state index contributed by atoms with van der Waals surface area (Å²) in [6.07, 6.45) is 6.52. The van der Waals surface area contributed by atoms with Crippen LogP contribution in [-0.2, 0) is 14.3 Å². The molecule has 2 rings (SSSR count). The Morgan fingerprint density at radius 1 is 1.52 bits per heavy atom. The molecule has 0 radical (unpaired) electrons. The molecule has 1 aliphatic carbocycles. The molecule has 2 fully saturated rings. The zero-order valence-corrected chi connectivity index (χ0v) is 13.3. The van der Waals surface area contributed by atoms with Crippen LogP contribution in [0.3, 0.4) is 0 Å². The first-order valence-electron chi connectivity index (χ1n) is 7.23. The van der Waals surface area contributed by atoms with Crippen molar-refractivity contribution in [2.24, 2.45) is 17.3 Å². The number of imide groups is 1. The minimum atomic E-state index is -0.577. The average Bonchev–Trinajstić information content (AvgIpc) is 2.85. The lowest BCUT2D eigenvalue weighted by atomic mass is 10.1. The van der Waals surface area contributed by atoms with Gasteiger partial charge in [-0.05, 0) is 24.3 Å². The average molecular weight is 322 g/mol. The van der Waals surface area contributed by atoms with Crippen LogP contribution < -0.4 is 0 Å². The highest BCUT2D eigenvalue weighted by molar-refractivity contribution is 6.02. The van der Waals surface area contributed by atoms with E-state index in [9.17, 15) is 18.8 Å². The predicted octanol–water partition coefficient (Wildman–Crippen LogP) is 1.53. The molecule has 2 atom stereocenters. The van der Waals surface area contributed by atoms with Crippen LogP contribution in [0.5, 0.6) is 0 Å². The molecule has 0 aromatic rings. The number of carbonyl (C=O) groups excluding carboxylic acids is 3. The largest absolute Gasteiger partial charge is 0.443 e. The second-order valence-electron chi connectivity index (χ2n) is 6.34. The number of terminal acetylenes is 1. The summed E-state index contributed by atoms with van der Waals surface area (Å²) in [6.45, 7) is 4.44. The van der Waals surface area contributed by atoms with Crippen LogP contribution in [0.15, 0.2) is 11.9 Å². The fourth-order valence-electron chi connectivity index (χ4n) is 2.86. The van der Waals surface area contributed by atoms with Gasteiger partial charge in [-0.2, -0.15) is 0 Å². The summed E-state index contributed by atoms with van der Waals surface area (Å²) in [4.78, 5) is 37.8. The monoisotopic (exact) mass is 322 g/mol. The van der Waals surface area contributed by atoms with Crippen LogP contribution in [0.1, 0.15) is 20.8 Å². The van der Waals surface area contributed by atoms with Crippen molar-refractivity contribution in [3.05, 3.63) is 11.9 Å². The molecule has 7 heteroatoms. The SMILES string of the molecule is C#CCN1CC(=O)N(COC(=O)[C@@H]2[C@@H](/C=C(/C)F)C2(C)C)C1=O. The lowest BCUT2D eigenvalue weighted by molar-refractivity contribution is -0.151. The Bertz CT molecular complexity index is 616. The molecule has 1 saturated heterocycles. The number of amides is 3. The number of ether oxygens (including phenoxy) is 1. The lowest BCUT2D eigenvalue weighted by Gasteiger charge is -2.15. The Hall–Kier alpha value is -2.36. The zero-order chi connectivity index (χ0) is 17.4. The molecular weight excluding hydrogens is 303 g/mol. The first kappa shape index (κ1) is 17.0. The molecule has 0 aromatic carbocycles. The highest BCUT2D eigenvalue weighted by Crippen LogP contribution is 2.59. The van der Waals surface area contributed by atoms with Gasteiger partial charge in [0.25, 0.3) is 5.91 Å². The van der Waals surface area contributed by atoms with Crippen molar-refractivity contribution in [2.45, 2.75) is 20.8 Å². The maximum absolute atomic E-state index is 13.0. The smallest absolute Gasteiger partial charge is 0.330 e. The number of carbonyl (C=O) groups is 3. The summed E-state index contributed by atoms with van der Waals surface area (Å²) in [5.74, 6) is 0.185. The van der Waals surface area contributed by atoms with E-state index < -0.39 is 36.0 Å². The Labute approximate surface area is 134 Å². The van der Waals surface area contributed by atoms with Gasteiger partial charge in [-0.15, -0.1) is 6.42 Å². The lowest BCUT2D eigenvalue weighted by Crippen LogP contribution is -2.36. The maximum atomic E-state index is 13.0. The van der Waals surface area contributed by atoms with E-state index in [1.165, 1.54) is 17.9 Å². The van der Waals surface area contributed by atoms with Gasteiger partial charge in [0, 0.05) is 0 Å². The summed E-state index contributed by atoms with van der Waals surface area (Å²) in [6, 6.07) is -0.577.